The maximum Gasteiger partial charge on any atom is 0.227 e. The first-order valence-corrected chi connectivity index (χ1v) is 6.26. The lowest BCUT2D eigenvalue weighted by Crippen LogP contribution is -2.43. The molecule has 2 aromatic rings. The van der Waals surface area contributed by atoms with Crippen LogP contribution in [0.4, 0.5) is 0 Å². The molecule has 17 heavy (non-hydrogen) atoms. The first kappa shape index (κ1) is 10.9. The molecule has 5 nitrogen and oxygen atoms in total. The van der Waals surface area contributed by atoms with Crippen LogP contribution in [0, 0.1) is 5.92 Å². The lowest BCUT2D eigenvalue weighted by atomic mass is 10.00. The van der Waals surface area contributed by atoms with Crippen LogP contribution in [0.2, 0.25) is 0 Å². The molecule has 1 aliphatic rings. The van der Waals surface area contributed by atoms with E-state index in [1.54, 1.807) is 6.20 Å². The molecule has 6 heteroatoms. The Kier molecular flexibility index (Phi) is 2.90. The van der Waals surface area contributed by atoms with Crippen molar-refractivity contribution in [2.24, 2.45) is 5.92 Å². The van der Waals surface area contributed by atoms with Crippen LogP contribution < -0.4 is 5.32 Å². The average molecular weight is 295 g/mol. The van der Waals surface area contributed by atoms with Crippen molar-refractivity contribution in [3.8, 4) is 11.5 Å². The minimum atomic E-state index is 0.541. The van der Waals surface area contributed by atoms with Gasteiger partial charge >= 0.3 is 0 Å². The van der Waals surface area contributed by atoms with Crippen molar-refractivity contribution in [1.29, 1.82) is 0 Å². The van der Waals surface area contributed by atoms with Crippen molar-refractivity contribution in [3.05, 3.63) is 28.7 Å². The van der Waals surface area contributed by atoms with Gasteiger partial charge in [0.2, 0.25) is 11.7 Å². The van der Waals surface area contributed by atoms with Crippen molar-refractivity contribution >= 4 is 15.9 Å². The van der Waals surface area contributed by atoms with Gasteiger partial charge in [-0.25, -0.2) is 0 Å². The van der Waals surface area contributed by atoms with Gasteiger partial charge in [0.25, 0.3) is 0 Å². The molecule has 3 rings (SSSR count). The van der Waals surface area contributed by atoms with Crippen LogP contribution in [-0.2, 0) is 6.42 Å². The second-order valence-electron chi connectivity index (χ2n) is 4.07. The summed E-state index contributed by atoms with van der Waals surface area (Å²) < 4.78 is 6.10. The van der Waals surface area contributed by atoms with E-state index < -0.39 is 0 Å². The van der Waals surface area contributed by atoms with Crippen LogP contribution in [0.15, 0.2) is 27.3 Å². The zero-order valence-corrected chi connectivity index (χ0v) is 10.6. The van der Waals surface area contributed by atoms with Gasteiger partial charge in [-0.05, 0) is 47.1 Å². The molecule has 0 atom stereocenters. The molecule has 0 radical (unpaired) electrons. The minimum Gasteiger partial charge on any atom is -0.339 e. The molecule has 3 heterocycles. The quantitative estimate of drug-likeness (QED) is 0.933. The van der Waals surface area contributed by atoms with Crippen molar-refractivity contribution < 1.29 is 4.52 Å². The fourth-order valence-electron chi connectivity index (χ4n) is 1.72. The number of hydrogen-bond donors (Lipinski definition) is 1. The summed E-state index contributed by atoms with van der Waals surface area (Å²) in [5.41, 5.74) is 0.717. The molecule has 0 aromatic carbocycles. The summed E-state index contributed by atoms with van der Waals surface area (Å²) in [5.74, 6) is 1.85. The largest absolute Gasteiger partial charge is 0.339 e. The van der Waals surface area contributed by atoms with Gasteiger partial charge in [-0.1, -0.05) is 5.16 Å². The summed E-state index contributed by atoms with van der Waals surface area (Å²) in [5, 5.41) is 7.18. The van der Waals surface area contributed by atoms with Crippen LogP contribution in [0.3, 0.4) is 0 Å². The zero-order valence-electron chi connectivity index (χ0n) is 9.06. The van der Waals surface area contributed by atoms with E-state index in [1.165, 1.54) is 0 Å². The van der Waals surface area contributed by atoms with Crippen molar-refractivity contribution in [3.63, 3.8) is 0 Å². The van der Waals surface area contributed by atoms with Crippen molar-refractivity contribution in [2.75, 3.05) is 13.1 Å². The van der Waals surface area contributed by atoms with Gasteiger partial charge in [0.05, 0.1) is 0 Å². The smallest absolute Gasteiger partial charge is 0.227 e. The van der Waals surface area contributed by atoms with Crippen LogP contribution in [-0.4, -0.2) is 28.2 Å². The molecule has 0 bridgehead atoms. The molecule has 0 saturated carbocycles. The Morgan fingerprint density at radius 1 is 1.47 bits per heavy atom. The number of nitrogens with zero attached hydrogens (tertiary/aromatic N) is 3. The average Bonchev–Trinajstić information content (AvgIpc) is 2.73. The Balaban J connectivity index is 1.82. The van der Waals surface area contributed by atoms with E-state index in [9.17, 15) is 0 Å². The van der Waals surface area contributed by atoms with Crippen LogP contribution in [0.5, 0.6) is 0 Å². The van der Waals surface area contributed by atoms with Crippen molar-refractivity contribution in [2.45, 2.75) is 6.42 Å². The predicted octanol–water partition coefficient (Wildman–Crippen LogP) is 1.66. The van der Waals surface area contributed by atoms with Crippen molar-refractivity contribution in [1.82, 2.24) is 20.4 Å². The highest BCUT2D eigenvalue weighted by Gasteiger charge is 2.21. The van der Waals surface area contributed by atoms with Gasteiger partial charge in [0.15, 0.2) is 0 Å². The normalized spacial score (nSPS) is 15.8. The zero-order chi connectivity index (χ0) is 11.7. The number of halogens is 1. The van der Waals surface area contributed by atoms with Gasteiger partial charge < -0.3 is 9.84 Å². The molecule has 0 spiro atoms. The molecule has 88 valence electrons. The summed E-state index contributed by atoms with van der Waals surface area (Å²) >= 11 is 3.42. The highest BCUT2D eigenvalue weighted by atomic mass is 79.9. The molecule has 0 amide bonds. The fraction of sp³-hybridized carbons (Fsp3) is 0.364. The maximum atomic E-state index is 5.23. The van der Waals surface area contributed by atoms with Gasteiger partial charge in [-0.2, -0.15) is 4.98 Å². The Morgan fingerprint density at radius 3 is 3.06 bits per heavy atom. The van der Waals surface area contributed by atoms with E-state index in [2.05, 4.69) is 36.4 Å². The molecule has 1 saturated heterocycles. The highest BCUT2D eigenvalue weighted by Crippen LogP contribution is 2.23. The molecular weight excluding hydrogens is 284 g/mol. The standard InChI is InChI=1S/C11H11BrN4O/c12-8-2-1-3-14-10(8)11-15-9(17-16-11)4-7-5-13-6-7/h1-3,7,13H,4-6H2. The summed E-state index contributed by atoms with van der Waals surface area (Å²) in [6.45, 7) is 2.07. The third-order valence-corrected chi connectivity index (χ3v) is 3.41. The molecule has 2 aromatic heterocycles. The van der Waals surface area contributed by atoms with Gasteiger partial charge in [-0.3, -0.25) is 4.98 Å². The third-order valence-electron chi connectivity index (χ3n) is 2.77. The maximum absolute atomic E-state index is 5.23. The van der Waals surface area contributed by atoms with E-state index in [4.69, 9.17) is 4.52 Å². The van der Waals surface area contributed by atoms with Gasteiger partial charge in [-0.15, -0.1) is 0 Å². The number of hydrogen-bond acceptors (Lipinski definition) is 5. The monoisotopic (exact) mass is 294 g/mol. The Bertz CT molecular complexity index is 524. The SMILES string of the molecule is Brc1cccnc1-c1noc(CC2CNC2)n1. The Morgan fingerprint density at radius 2 is 2.35 bits per heavy atom. The van der Waals surface area contributed by atoms with E-state index >= 15 is 0 Å². The van der Waals surface area contributed by atoms with E-state index in [0.29, 0.717) is 23.3 Å². The van der Waals surface area contributed by atoms with Gasteiger partial charge in [0, 0.05) is 17.1 Å². The Labute approximate surface area is 107 Å². The number of nitrogens with one attached hydrogen (secondary N) is 1. The second kappa shape index (κ2) is 4.54. The second-order valence-corrected chi connectivity index (χ2v) is 4.93. The molecule has 1 fully saturated rings. The molecule has 0 aliphatic carbocycles. The van der Waals surface area contributed by atoms with E-state index in [1.807, 2.05) is 12.1 Å². The van der Waals surface area contributed by atoms with E-state index in [0.717, 1.165) is 24.0 Å². The summed E-state index contributed by atoms with van der Waals surface area (Å²) in [4.78, 5) is 8.60. The molecular formula is C11H11BrN4O. The predicted molar refractivity (Wildman–Crippen MR) is 65.3 cm³/mol. The topological polar surface area (TPSA) is 63.8 Å². The fourth-order valence-corrected chi connectivity index (χ4v) is 2.16. The number of aromatic nitrogens is 3. The lowest BCUT2D eigenvalue weighted by Gasteiger charge is -2.25. The summed E-state index contributed by atoms with van der Waals surface area (Å²) in [6.07, 6.45) is 2.55. The highest BCUT2D eigenvalue weighted by molar-refractivity contribution is 9.10. The molecule has 1 N–H and O–H groups in total. The third kappa shape index (κ3) is 2.23. The summed E-state index contributed by atoms with van der Waals surface area (Å²) in [6, 6.07) is 3.77. The number of pyridine rings is 1. The van der Waals surface area contributed by atoms with Gasteiger partial charge in [0.1, 0.15) is 5.69 Å². The summed E-state index contributed by atoms with van der Waals surface area (Å²) in [7, 11) is 0. The lowest BCUT2D eigenvalue weighted by molar-refractivity contribution is 0.296. The molecule has 0 unspecified atom stereocenters. The minimum absolute atomic E-state index is 0.541. The van der Waals surface area contributed by atoms with Crippen LogP contribution in [0.25, 0.3) is 11.5 Å². The first-order valence-electron chi connectivity index (χ1n) is 5.47. The Hall–Kier alpha value is -1.27. The number of rotatable bonds is 3. The van der Waals surface area contributed by atoms with Crippen LogP contribution in [0.1, 0.15) is 5.89 Å². The first-order chi connectivity index (χ1) is 8.33. The van der Waals surface area contributed by atoms with E-state index in [-0.39, 0.29) is 0 Å². The molecule has 1 aliphatic heterocycles. The van der Waals surface area contributed by atoms with Crippen LogP contribution >= 0.6 is 15.9 Å².